The van der Waals surface area contributed by atoms with Crippen molar-refractivity contribution in [3.63, 3.8) is 0 Å². The molecule has 0 saturated heterocycles. The maximum Gasteiger partial charge on any atom is 0.475 e. The minimum absolute atomic E-state index is 0. The van der Waals surface area contributed by atoms with E-state index >= 15 is 0 Å². The van der Waals surface area contributed by atoms with Crippen LogP contribution < -0.4 is 18.1 Å². The summed E-state index contributed by atoms with van der Waals surface area (Å²) in [5.41, 5.74) is 6.80. The normalized spacial score (nSPS) is 9.00. The number of anilines is 1. The minimum Gasteiger partial charge on any atom is -1.00 e. The number of nitrogen functional groups attached to an aromatic ring is 1. The van der Waals surface area contributed by atoms with E-state index in [1.807, 2.05) is 30.3 Å². The SMILES string of the molecule is N#[N+]c1c(-c2ccccc2)noc1N.[Cl-]. The lowest BCUT2D eigenvalue weighted by molar-refractivity contribution is -0.00000349. The van der Waals surface area contributed by atoms with Gasteiger partial charge < -0.3 is 22.7 Å². The molecule has 2 aromatic rings. The van der Waals surface area contributed by atoms with Crippen LogP contribution in [0.4, 0.5) is 11.6 Å². The van der Waals surface area contributed by atoms with Gasteiger partial charge in [0.2, 0.25) is 11.1 Å². The second-order valence-corrected chi connectivity index (χ2v) is 2.71. The quantitative estimate of drug-likeness (QED) is 0.655. The monoisotopic (exact) mass is 222 g/mol. The molecule has 0 spiro atoms. The number of rotatable bonds is 1. The Labute approximate surface area is 91.9 Å². The van der Waals surface area contributed by atoms with Crippen LogP contribution in [-0.4, -0.2) is 5.16 Å². The van der Waals surface area contributed by atoms with E-state index < -0.39 is 0 Å². The average Bonchev–Trinajstić information content (AvgIpc) is 2.61. The van der Waals surface area contributed by atoms with Gasteiger partial charge in [0.15, 0.2) is 4.98 Å². The largest absolute Gasteiger partial charge is 1.00 e. The van der Waals surface area contributed by atoms with E-state index in [0.29, 0.717) is 5.69 Å². The number of nitrogens with two attached hydrogens (primary N) is 1. The molecule has 2 rings (SSSR count). The van der Waals surface area contributed by atoms with Gasteiger partial charge in [0.05, 0.1) is 0 Å². The van der Waals surface area contributed by atoms with Crippen LogP contribution in [-0.2, 0) is 0 Å². The molecule has 76 valence electrons. The summed E-state index contributed by atoms with van der Waals surface area (Å²) < 4.78 is 4.71. The van der Waals surface area contributed by atoms with Crippen LogP contribution in [0.2, 0.25) is 0 Å². The molecule has 1 aromatic heterocycles. The Morgan fingerprint density at radius 3 is 2.53 bits per heavy atom. The van der Waals surface area contributed by atoms with Crippen LogP contribution in [0.3, 0.4) is 0 Å². The van der Waals surface area contributed by atoms with Crippen molar-refractivity contribution in [1.82, 2.24) is 5.16 Å². The number of aromatic nitrogens is 1. The third-order valence-electron chi connectivity index (χ3n) is 1.84. The van der Waals surface area contributed by atoms with Gasteiger partial charge in [-0.2, -0.15) is 0 Å². The molecular formula is C9H7ClN4O. The van der Waals surface area contributed by atoms with E-state index in [1.54, 1.807) is 0 Å². The van der Waals surface area contributed by atoms with Crippen molar-refractivity contribution in [1.29, 1.82) is 5.39 Å². The van der Waals surface area contributed by atoms with E-state index in [9.17, 15) is 0 Å². The van der Waals surface area contributed by atoms with Crippen molar-refractivity contribution in [3.8, 4) is 11.3 Å². The maximum absolute atomic E-state index is 8.69. The summed E-state index contributed by atoms with van der Waals surface area (Å²) in [5.74, 6) is 0.00588. The highest BCUT2D eigenvalue weighted by molar-refractivity contribution is 5.80. The van der Waals surface area contributed by atoms with Gasteiger partial charge in [-0.25, -0.2) is 0 Å². The average molecular weight is 223 g/mol. The maximum atomic E-state index is 8.69. The minimum atomic E-state index is 0. The Kier molecular flexibility index (Phi) is 3.26. The van der Waals surface area contributed by atoms with E-state index in [0.717, 1.165) is 5.56 Å². The van der Waals surface area contributed by atoms with E-state index in [4.69, 9.17) is 15.6 Å². The van der Waals surface area contributed by atoms with Crippen LogP contribution >= 0.6 is 0 Å². The molecule has 0 bridgehead atoms. The van der Waals surface area contributed by atoms with Gasteiger partial charge in [0, 0.05) is 5.56 Å². The zero-order valence-corrected chi connectivity index (χ0v) is 8.35. The highest BCUT2D eigenvalue weighted by atomic mass is 35.5. The van der Waals surface area contributed by atoms with Crippen molar-refractivity contribution < 1.29 is 16.9 Å². The third kappa shape index (κ3) is 1.90. The molecule has 0 unspecified atom stereocenters. The van der Waals surface area contributed by atoms with Gasteiger partial charge in [0.25, 0.3) is 0 Å². The lowest BCUT2D eigenvalue weighted by Crippen LogP contribution is -3.00. The standard InChI is InChI=1S/C9H7N4O.ClH/c10-9-8(12-11)7(13-14-9)6-4-2-1-3-5-6;/h1-5H,10H2;1H/q+1;/p-1. The predicted octanol–water partition coefficient (Wildman–Crippen LogP) is -0.588. The second kappa shape index (κ2) is 4.44. The van der Waals surface area contributed by atoms with Gasteiger partial charge in [-0.15, -0.1) is 0 Å². The molecular weight excluding hydrogens is 216 g/mol. The van der Waals surface area contributed by atoms with E-state index in [-0.39, 0.29) is 24.0 Å². The lowest BCUT2D eigenvalue weighted by atomic mass is 10.1. The smallest absolute Gasteiger partial charge is 0.475 e. The van der Waals surface area contributed by atoms with Gasteiger partial charge in [0.1, 0.15) is 0 Å². The van der Waals surface area contributed by atoms with Crippen molar-refractivity contribution in [2.24, 2.45) is 0 Å². The molecule has 0 saturated carbocycles. The first-order valence-electron chi connectivity index (χ1n) is 3.98. The Morgan fingerprint density at radius 1 is 1.27 bits per heavy atom. The first-order valence-corrected chi connectivity index (χ1v) is 3.98. The summed E-state index contributed by atoms with van der Waals surface area (Å²) in [6, 6.07) is 9.23. The fraction of sp³-hybridized carbons (Fsp3) is 0. The lowest BCUT2D eigenvalue weighted by Gasteiger charge is -1.89. The van der Waals surface area contributed by atoms with Gasteiger partial charge >= 0.3 is 11.6 Å². The molecule has 1 aromatic carbocycles. The summed E-state index contributed by atoms with van der Waals surface area (Å²) in [4.78, 5) is 3.03. The fourth-order valence-corrected chi connectivity index (χ4v) is 1.18. The Hall–Kier alpha value is -2.06. The van der Waals surface area contributed by atoms with Crippen LogP contribution in [0.1, 0.15) is 0 Å². The Bertz CT molecular complexity index is 489. The summed E-state index contributed by atoms with van der Waals surface area (Å²) in [5, 5.41) is 12.4. The highest BCUT2D eigenvalue weighted by Crippen LogP contribution is 2.34. The molecule has 0 aliphatic rings. The van der Waals surface area contributed by atoms with Crippen LogP contribution in [0, 0.1) is 5.39 Å². The number of nitrogens with zero attached hydrogens (tertiary/aromatic N) is 3. The van der Waals surface area contributed by atoms with Gasteiger partial charge in [-0.1, -0.05) is 35.5 Å². The molecule has 1 heterocycles. The van der Waals surface area contributed by atoms with E-state index in [1.165, 1.54) is 0 Å². The first kappa shape index (κ1) is 11.0. The number of hydrogen-bond donors (Lipinski definition) is 1. The van der Waals surface area contributed by atoms with Crippen molar-refractivity contribution in [2.45, 2.75) is 0 Å². The molecule has 0 radical (unpaired) electrons. The van der Waals surface area contributed by atoms with Crippen LogP contribution in [0.5, 0.6) is 0 Å². The molecule has 0 aliphatic carbocycles. The summed E-state index contributed by atoms with van der Waals surface area (Å²) in [6.07, 6.45) is 0. The highest BCUT2D eigenvalue weighted by Gasteiger charge is 2.26. The first-order chi connectivity index (χ1) is 6.83. The second-order valence-electron chi connectivity index (χ2n) is 2.71. The molecule has 6 heteroatoms. The third-order valence-corrected chi connectivity index (χ3v) is 1.84. The van der Waals surface area contributed by atoms with Crippen molar-refractivity contribution in [3.05, 3.63) is 35.3 Å². The van der Waals surface area contributed by atoms with Gasteiger partial charge in [-0.3, -0.25) is 0 Å². The number of diazo groups is 1. The Morgan fingerprint density at radius 2 is 1.93 bits per heavy atom. The number of hydrogen-bond acceptors (Lipinski definition) is 4. The summed E-state index contributed by atoms with van der Waals surface area (Å²) in [7, 11) is 0. The molecule has 2 N–H and O–H groups in total. The van der Waals surface area contributed by atoms with E-state index in [2.05, 4.69) is 10.1 Å². The molecule has 0 fully saturated rings. The Balaban J connectivity index is 0.00000112. The van der Waals surface area contributed by atoms with Crippen molar-refractivity contribution >= 4 is 11.6 Å². The predicted molar refractivity (Wildman–Crippen MR) is 51.1 cm³/mol. The summed E-state index contributed by atoms with van der Waals surface area (Å²) >= 11 is 0. The topological polar surface area (TPSA) is 80.2 Å². The summed E-state index contributed by atoms with van der Waals surface area (Å²) in [6.45, 7) is 0. The van der Waals surface area contributed by atoms with Crippen molar-refractivity contribution in [2.75, 3.05) is 5.73 Å². The molecule has 0 atom stereocenters. The number of benzene rings is 1. The molecule has 15 heavy (non-hydrogen) atoms. The molecule has 0 amide bonds. The number of halogens is 1. The van der Waals surface area contributed by atoms with Crippen LogP contribution in [0.25, 0.3) is 16.2 Å². The van der Waals surface area contributed by atoms with Crippen LogP contribution in [0.15, 0.2) is 34.9 Å². The zero-order chi connectivity index (χ0) is 9.97. The van der Waals surface area contributed by atoms with Gasteiger partial charge in [-0.05, 0) is 0 Å². The zero-order valence-electron chi connectivity index (χ0n) is 7.59. The fourth-order valence-electron chi connectivity index (χ4n) is 1.18. The molecule has 0 aliphatic heterocycles. The molecule has 5 nitrogen and oxygen atoms in total.